The SMILES string of the molecule is COC1CCCC(C(=O)N(CC2CCCO2)C2=CCCC3=C(CCc4c3cnn4C)S2)C1. The van der Waals surface area contributed by atoms with Crippen molar-refractivity contribution < 1.29 is 14.3 Å². The minimum Gasteiger partial charge on any atom is -0.381 e. The maximum Gasteiger partial charge on any atom is 0.230 e. The average Bonchev–Trinajstić information content (AvgIpc) is 3.41. The summed E-state index contributed by atoms with van der Waals surface area (Å²) in [6, 6.07) is 0. The van der Waals surface area contributed by atoms with Gasteiger partial charge in [0.25, 0.3) is 0 Å². The number of carbonyl (C=O) groups is 1. The monoisotopic (exact) mass is 457 g/mol. The summed E-state index contributed by atoms with van der Waals surface area (Å²) in [6.07, 6.45) is 14.7. The Bertz CT molecular complexity index is 916. The number of aromatic nitrogens is 2. The van der Waals surface area contributed by atoms with E-state index in [-0.39, 0.29) is 24.0 Å². The van der Waals surface area contributed by atoms with Crippen LogP contribution in [0.3, 0.4) is 0 Å². The zero-order chi connectivity index (χ0) is 22.1. The molecule has 0 bridgehead atoms. The Morgan fingerprint density at radius 3 is 3.00 bits per heavy atom. The van der Waals surface area contributed by atoms with Crippen molar-refractivity contribution >= 4 is 23.2 Å². The molecule has 174 valence electrons. The Kier molecular flexibility index (Phi) is 6.76. The Morgan fingerprint density at radius 2 is 2.19 bits per heavy atom. The highest BCUT2D eigenvalue weighted by molar-refractivity contribution is 8.06. The molecule has 5 rings (SSSR count). The highest BCUT2D eigenvalue weighted by Gasteiger charge is 2.35. The first kappa shape index (κ1) is 22.2. The lowest BCUT2D eigenvalue weighted by Crippen LogP contribution is -2.42. The lowest BCUT2D eigenvalue weighted by Gasteiger charge is -2.34. The molecule has 3 unspecified atom stereocenters. The second-order valence-corrected chi connectivity index (χ2v) is 10.6. The van der Waals surface area contributed by atoms with Gasteiger partial charge in [-0.1, -0.05) is 24.3 Å². The van der Waals surface area contributed by atoms with Gasteiger partial charge >= 0.3 is 0 Å². The fourth-order valence-corrected chi connectivity index (χ4v) is 6.96. The maximum atomic E-state index is 13.9. The minimum atomic E-state index is 0.0459. The summed E-state index contributed by atoms with van der Waals surface area (Å²) in [5, 5.41) is 5.62. The lowest BCUT2D eigenvalue weighted by atomic mass is 9.86. The van der Waals surface area contributed by atoms with Gasteiger partial charge in [0.05, 0.1) is 30.0 Å². The number of methoxy groups -OCH3 is 1. The van der Waals surface area contributed by atoms with E-state index in [1.54, 1.807) is 7.11 Å². The van der Waals surface area contributed by atoms with Crippen molar-refractivity contribution in [2.75, 3.05) is 20.3 Å². The predicted octanol–water partition coefficient (Wildman–Crippen LogP) is 4.66. The van der Waals surface area contributed by atoms with E-state index in [1.165, 1.54) is 21.7 Å². The maximum absolute atomic E-state index is 13.9. The van der Waals surface area contributed by atoms with Crippen LogP contribution >= 0.6 is 11.8 Å². The van der Waals surface area contributed by atoms with Crippen LogP contribution in [0.1, 0.15) is 69.0 Å². The van der Waals surface area contributed by atoms with Gasteiger partial charge in [0.1, 0.15) is 0 Å². The summed E-state index contributed by atoms with van der Waals surface area (Å²) in [5.74, 6) is 0.313. The minimum absolute atomic E-state index is 0.0459. The summed E-state index contributed by atoms with van der Waals surface area (Å²) in [4.78, 5) is 17.3. The van der Waals surface area contributed by atoms with Crippen LogP contribution in [0.15, 0.2) is 22.2 Å². The number of aryl methyl sites for hydroxylation is 1. The summed E-state index contributed by atoms with van der Waals surface area (Å²) >= 11 is 1.82. The number of fused-ring (bicyclic) bond motifs is 2. The van der Waals surface area contributed by atoms with Gasteiger partial charge in [-0.05, 0) is 68.3 Å². The molecule has 4 aliphatic rings. The van der Waals surface area contributed by atoms with Crippen LogP contribution in [0.25, 0.3) is 5.57 Å². The largest absolute Gasteiger partial charge is 0.381 e. The summed E-state index contributed by atoms with van der Waals surface area (Å²) in [6.45, 7) is 1.49. The molecule has 7 heteroatoms. The second kappa shape index (κ2) is 9.74. The van der Waals surface area contributed by atoms with Crippen molar-refractivity contribution in [2.45, 2.75) is 76.4 Å². The van der Waals surface area contributed by atoms with E-state index in [0.29, 0.717) is 6.54 Å². The number of carbonyl (C=O) groups excluding carboxylic acids is 1. The molecule has 2 fully saturated rings. The Morgan fingerprint density at radius 1 is 1.28 bits per heavy atom. The number of nitrogens with zero attached hydrogens (tertiary/aromatic N) is 3. The van der Waals surface area contributed by atoms with Gasteiger partial charge in [-0.25, -0.2) is 0 Å². The van der Waals surface area contributed by atoms with Crippen LogP contribution in [0, 0.1) is 5.92 Å². The highest BCUT2D eigenvalue weighted by Crippen LogP contribution is 2.46. The van der Waals surface area contributed by atoms with Crippen LogP contribution in [0.2, 0.25) is 0 Å². The standard InChI is InChI=1S/C25H35N3O3S/c1-27-22-11-12-23-20(21(22)15-26-27)9-4-10-24(32-23)28(16-19-8-5-13-31-19)25(29)17-6-3-7-18(14-17)30-2/h10,15,17-19H,3-9,11-14,16H2,1-2H3. The zero-order valence-electron chi connectivity index (χ0n) is 19.3. The van der Waals surface area contributed by atoms with E-state index in [9.17, 15) is 4.79 Å². The summed E-state index contributed by atoms with van der Waals surface area (Å²) < 4.78 is 13.6. The molecule has 0 aromatic carbocycles. The molecule has 0 radical (unpaired) electrons. The van der Waals surface area contributed by atoms with Crippen LogP contribution in [-0.4, -0.2) is 53.1 Å². The van der Waals surface area contributed by atoms with Gasteiger partial charge in [0.2, 0.25) is 5.91 Å². The molecule has 1 saturated heterocycles. The molecule has 1 aromatic heterocycles. The smallest absolute Gasteiger partial charge is 0.230 e. The van der Waals surface area contributed by atoms with Crippen LogP contribution in [0.4, 0.5) is 0 Å². The summed E-state index contributed by atoms with van der Waals surface area (Å²) in [5.41, 5.74) is 4.08. The van der Waals surface area contributed by atoms with Crippen LogP contribution in [-0.2, 0) is 27.7 Å². The Labute approximate surface area is 195 Å². The van der Waals surface area contributed by atoms with Crippen molar-refractivity contribution in [3.63, 3.8) is 0 Å². The topological polar surface area (TPSA) is 56.6 Å². The first-order valence-corrected chi connectivity index (χ1v) is 13.0. The highest BCUT2D eigenvalue weighted by atomic mass is 32.2. The molecule has 3 atom stereocenters. The normalized spacial score (nSPS) is 28.1. The van der Waals surface area contributed by atoms with E-state index in [0.717, 1.165) is 75.8 Å². The third kappa shape index (κ3) is 4.44. The van der Waals surface area contributed by atoms with Crippen LogP contribution < -0.4 is 0 Å². The summed E-state index contributed by atoms with van der Waals surface area (Å²) in [7, 11) is 3.81. The van der Waals surface area contributed by atoms with Crippen molar-refractivity contribution in [1.29, 1.82) is 0 Å². The van der Waals surface area contributed by atoms with Gasteiger partial charge in [-0.2, -0.15) is 5.10 Å². The number of allylic oxidation sites excluding steroid dienone is 3. The van der Waals surface area contributed by atoms with E-state index in [1.807, 2.05) is 29.7 Å². The zero-order valence-corrected chi connectivity index (χ0v) is 20.2. The lowest BCUT2D eigenvalue weighted by molar-refractivity contribution is -0.137. The molecular weight excluding hydrogens is 422 g/mol. The molecule has 6 nitrogen and oxygen atoms in total. The van der Waals surface area contributed by atoms with Crippen LogP contribution in [0.5, 0.6) is 0 Å². The number of rotatable bonds is 5. The number of amides is 1. The molecular formula is C25H35N3O3S. The molecule has 0 N–H and O–H groups in total. The first-order valence-electron chi connectivity index (χ1n) is 12.2. The van der Waals surface area contributed by atoms with Gasteiger partial charge < -0.3 is 14.4 Å². The van der Waals surface area contributed by atoms with Crippen molar-refractivity contribution in [3.05, 3.63) is 33.5 Å². The predicted molar refractivity (Wildman–Crippen MR) is 127 cm³/mol. The molecule has 3 heterocycles. The Hall–Kier alpha value is -1.57. The molecule has 1 aromatic rings. The van der Waals surface area contributed by atoms with Gasteiger partial charge in [0, 0.05) is 37.9 Å². The van der Waals surface area contributed by atoms with Gasteiger partial charge in [-0.3, -0.25) is 9.48 Å². The van der Waals surface area contributed by atoms with Gasteiger partial charge in [0.15, 0.2) is 0 Å². The number of hydrogen-bond donors (Lipinski definition) is 0. The van der Waals surface area contributed by atoms with E-state index >= 15 is 0 Å². The van der Waals surface area contributed by atoms with E-state index in [2.05, 4.69) is 16.1 Å². The fourth-order valence-electron chi connectivity index (χ4n) is 5.69. The molecule has 2 aliphatic carbocycles. The molecule has 32 heavy (non-hydrogen) atoms. The number of ether oxygens (including phenoxy) is 2. The third-order valence-corrected chi connectivity index (χ3v) is 8.80. The van der Waals surface area contributed by atoms with E-state index < -0.39 is 0 Å². The van der Waals surface area contributed by atoms with Crippen molar-refractivity contribution in [3.8, 4) is 0 Å². The molecule has 2 aliphatic heterocycles. The van der Waals surface area contributed by atoms with Crippen molar-refractivity contribution in [1.82, 2.24) is 14.7 Å². The molecule has 1 amide bonds. The molecule has 0 spiro atoms. The average molecular weight is 458 g/mol. The molecule has 1 saturated carbocycles. The quantitative estimate of drug-likeness (QED) is 0.644. The second-order valence-electron chi connectivity index (χ2n) is 9.52. The first-order chi connectivity index (χ1) is 15.6. The van der Waals surface area contributed by atoms with E-state index in [4.69, 9.17) is 9.47 Å². The Balaban J connectivity index is 1.40. The third-order valence-electron chi connectivity index (χ3n) is 7.50. The van der Waals surface area contributed by atoms with Gasteiger partial charge in [-0.15, -0.1) is 0 Å². The number of hydrogen-bond acceptors (Lipinski definition) is 5. The fraction of sp³-hybridized carbons (Fsp3) is 0.680. The number of thioether (sulfide) groups is 1. The van der Waals surface area contributed by atoms with Crippen molar-refractivity contribution in [2.24, 2.45) is 13.0 Å².